The Kier molecular flexibility index (Phi) is 7.78. The van der Waals surface area contributed by atoms with E-state index in [4.69, 9.17) is 9.72 Å². The summed E-state index contributed by atoms with van der Waals surface area (Å²) < 4.78 is 5.41. The number of amides is 2. The summed E-state index contributed by atoms with van der Waals surface area (Å²) >= 11 is 1.62. The van der Waals surface area contributed by atoms with Crippen molar-refractivity contribution in [3.05, 3.63) is 35.2 Å². The molecule has 2 amide bonds. The molecule has 1 aromatic heterocycles. The van der Waals surface area contributed by atoms with Gasteiger partial charge < -0.3 is 29.9 Å². The number of likely N-dealkylation sites (N-methyl/N-ethyl adjacent to an activating group) is 1. The number of piperazine rings is 1. The van der Waals surface area contributed by atoms with Crippen LogP contribution in [0.4, 0.5) is 5.13 Å². The van der Waals surface area contributed by atoms with Gasteiger partial charge in [0.05, 0.1) is 12.2 Å². The van der Waals surface area contributed by atoms with Gasteiger partial charge in [0.15, 0.2) is 10.9 Å². The number of hydrogen-bond acceptors (Lipinski definition) is 9. The van der Waals surface area contributed by atoms with Crippen LogP contribution in [0.2, 0.25) is 0 Å². The summed E-state index contributed by atoms with van der Waals surface area (Å²) in [5, 5.41) is 16.3. The molecule has 3 aliphatic heterocycles. The first-order valence-electron chi connectivity index (χ1n) is 13.4. The maximum atomic E-state index is 13.6. The molecule has 4 heterocycles. The summed E-state index contributed by atoms with van der Waals surface area (Å²) in [5.74, 6) is -0.968. The van der Waals surface area contributed by atoms with Crippen molar-refractivity contribution in [1.82, 2.24) is 20.1 Å². The van der Waals surface area contributed by atoms with Crippen molar-refractivity contribution < 1.29 is 24.2 Å². The number of nitrogens with zero attached hydrogens (tertiary/aromatic N) is 4. The molecule has 10 nitrogen and oxygen atoms in total. The molecule has 39 heavy (non-hydrogen) atoms. The summed E-state index contributed by atoms with van der Waals surface area (Å²) in [6.45, 7) is 9.80. The van der Waals surface area contributed by atoms with Crippen LogP contribution in [0.25, 0.3) is 11.3 Å². The van der Waals surface area contributed by atoms with Crippen molar-refractivity contribution in [2.45, 2.75) is 51.5 Å². The standard InChI is InChI=1S/C28H37N5O5S/c1-28(2,3)13-19(26(37)33-14-21(34)24-23(33)22(35)15-38-24)29-25(36)18-7-5-17(6-8-18)20-16-39-27(30-20)32-11-9-31(4)10-12-32/h5-8,16,19,21,23-24,34H,9-15H2,1-4H3,(H,29,36)/t19?,21-,23-,24-/m1/s1. The van der Waals surface area contributed by atoms with Gasteiger partial charge in [-0.2, -0.15) is 0 Å². The highest BCUT2D eigenvalue weighted by molar-refractivity contribution is 7.14. The largest absolute Gasteiger partial charge is 0.388 e. The molecule has 3 aliphatic rings. The van der Waals surface area contributed by atoms with Crippen molar-refractivity contribution >= 4 is 34.1 Å². The lowest BCUT2D eigenvalue weighted by Crippen LogP contribution is -2.53. The number of anilines is 1. The van der Waals surface area contributed by atoms with Gasteiger partial charge in [-0.15, -0.1) is 11.3 Å². The number of carbonyl (C=O) groups excluding carboxylic acids is 3. The maximum absolute atomic E-state index is 13.6. The highest BCUT2D eigenvalue weighted by Crippen LogP contribution is 2.31. The molecule has 0 spiro atoms. The first-order valence-corrected chi connectivity index (χ1v) is 14.3. The van der Waals surface area contributed by atoms with Crippen LogP contribution >= 0.6 is 11.3 Å². The SMILES string of the molecule is CN1CCN(c2nc(-c3ccc(C(=O)NC(CC(C)(C)C)C(=O)N4C[C@@H](O)[C@H]5OCC(=O)[C@H]54)cc3)cs2)CC1. The molecule has 2 aromatic rings. The summed E-state index contributed by atoms with van der Waals surface area (Å²) in [6, 6.07) is 5.56. The average Bonchev–Trinajstić information content (AvgIpc) is 3.61. The highest BCUT2D eigenvalue weighted by atomic mass is 32.1. The van der Waals surface area contributed by atoms with Gasteiger partial charge in [-0.1, -0.05) is 32.9 Å². The molecule has 0 aliphatic carbocycles. The third kappa shape index (κ3) is 6.01. The molecule has 5 rings (SSSR count). The molecule has 0 saturated carbocycles. The molecule has 1 aromatic carbocycles. The summed E-state index contributed by atoms with van der Waals surface area (Å²) in [7, 11) is 2.13. The number of aromatic nitrogens is 1. The third-order valence-electron chi connectivity index (χ3n) is 7.57. The predicted octanol–water partition coefficient (Wildman–Crippen LogP) is 1.64. The zero-order valence-electron chi connectivity index (χ0n) is 22.9. The van der Waals surface area contributed by atoms with Gasteiger partial charge in [-0.05, 0) is 31.0 Å². The van der Waals surface area contributed by atoms with Crippen LogP contribution in [0.1, 0.15) is 37.6 Å². The minimum Gasteiger partial charge on any atom is -0.388 e. The number of ketones is 1. The zero-order valence-corrected chi connectivity index (χ0v) is 23.7. The number of hydrogen-bond donors (Lipinski definition) is 2. The van der Waals surface area contributed by atoms with Crippen LogP contribution in [0.15, 0.2) is 29.6 Å². The Bertz CT molecular complexity index is 1220. The van der Waals surface area contributed by atoms with E-state index in [-0.39, 0.29) is 36.2 Å². The average molecular weight is 556 g/mol. The number of likely N-dealkylation sites (tertiary alicyclic amines) is 1. The molecule has 210 valence electrons. The fourth-order valence-electron chi connectivity index (χ4n) is 5.44. The van der Waals surface area contributed by atoms with Crippen molar-refractivity contribution in [2.24, 2.45) is 5.41 Å². The number of nitrogens with one attached hydrogen (secondary N) is 1. The van der Waals surface area contributed by atoms with Gasteiger partial charge in [0.25, 0.3) is 5.91 Å². The van der Waals surface area contributed by atoms with E-state index in [0.717, 1.165) is 42.6 Å². The van der Waals surface area contributed by atoms with Gasteiger partial charge >= 0.3 is 0 Å². The Morgan fingerprint density at radius 2 is 1.87 bits per heavy atom. The lowest BCUT2D eigenvalue weighted by Gasteiger charge is -2.32. The van der Waals surface area contributed by atoms with Crippen LogP contribution in [-0.2, 0) is 14.3 Å². The summed E-state index contributed by atoms with van der Waals surface area (Å²) in [6.07, 6.45) is -1.25. The Balaban J connectivity index is 1.28. The lowest BCUT2D eigenvalue weighted by molar-refractivity contribution is -0.138. The topological polar surface area (TPSA) is 115 Å². The Morgan fingerprint density at radius 3 is 2.54 bits per heavy atom. The lowest BCUT2D eigenvalue weighted by atomic mass is 9.87. The van der Waals surface area contributed by atoms with Crippen molar-refractivity contribution in [2.75, 3.05) is 51.3 Å². The van der Waals surface area contributed by atoms with Gasteiger partial charge in [0, 0.05) is 42.7 Å². The number of rotatable bonds is 6. The summed E-state index contributed by atoms with van der Waals surface area (Å²) in [5.41, 5.74) is 1.95. The minimum absolute atomic E-state index is 0.00880. The number of aliphatic hydroxyl groups excluding tert-OH is 1. The van der Waals surface area contributed by atoms with Gasteiger partial charge in [-0.25, -0.2) is 4.98 Å². The second-order valence-corrected chi connectivity index (χ2v) is 12.8. The molecule has 0 bridgehead atoms. The summed E-state index contributed by atoms with van der Waals surface area (Å²) in [4.78, 5) is 50.0. The number of aliphatic hydroxyl groups is 1. The molecular formula is C28H37N5O5S. The van der Waals surface area contributed by atoms with E-state index in [1.807, 2.05) is 38.3 Å². The van der Waals surface area contributed by atoms with Crippen molar-refractivity contribution in [3.8, 4) is 11.3 Å². The number of ether oxygens (including phenoxy) is 1. The smallest absolute Gasteiger partial charge is 0.251 e. The van der Waals surface area contributed by atoms with E-state index in [2.05, 4.69) is 22.2 Å². The number of thiazole rings is 1. The zero-order chi connectivity index (χ0) is 27.9. The molecular weight excluding hydrogens is 518 g/mol. The molecule has 3 fully saturated rings. The van der Waals surface area contributed by atoms with Crippen LogP contribution in [0.5, 0.6) is 0 Å². The predicted molar refractivity (Wildman–Crippen MR) is 149 cm³/mol. The Morgan fingerprint density at radius 1 is 1.18 bits per heavy atom. The third-order valence-corrected chi connectivity index (χ3v) is 8.47. The van der Waals surface area contributed by atoms with E-state index in [0.29, 0.717) is 12.0 Å². The first kappa shape index (κ1) is 27.7. The molecule has 11 heteroatoms. The number of Topliss-reactive ketones (excluding diaryl/α,β-unsaturated/α-hetero) is 1. The van der Waals surface area contributed by atoms with Crippen LogP contribution in [0, 0.1) is 5.41 Å². The van der Waals surface area contributed by atoms with E-state index in [9.17, 15) is 19.5 Å². The monoisotopic (exact) mass is 555 g/mol. The van der Waals surface area contributed by atoms with Crippen molar-refractivity contribution in [3.63, 3.8) is 0 Å². The van der Waals surface area contributed by atoms with Gasteiger partial charge in [0.1, 0.15) is 30.9 Å². The van der Waals surface area contributed by atoms with Crippen LogP contribution < -0.4 is 10.2 Å². The number of benzene rings is 1. The quantitative estimate of drug-likeness (QED) is 0.553. The molecule has 3 saturated heterocycles. The number of fused-ring (bicyclic) bond motifs is 1. The fourth-order valence-corrected chi connectivity index (χ4v) is 6.33. The molecule has 4 atom stereocenters. The Labute approximate surface area is 232 Å². The maximum Gasteiger partial charge on any atom is 0.251 e. The second kappa shape index (κ2) is 11.0. The van der Waals surface area contributed by atoms with Crippen molar-refractivity contribution in [1.29, 1.82) is 0 Å². The van der Waals surface area contributed by atoms with E-state index < -0.39 is 24.3 Å². The molecule has 0 radical (unpaired) electrons. The van der Waals surface area contributed by atoms with E-state index in [1.165, 1.54) is 4.90 Å². The molecule has 2 N–H and O–H groups in total. The van der Waals surface area contributed by atoms with E-state index >= 15 is 0 Å². The number of β-amino-alcohol motifs (C(OH)–C–C–N with tert-alkyl or cyclic N) is 1. The molecule has 1 unspecified atom stereocenters. The normalized spacial score (nSPS) is 24.6. The highest BCUT2D eigenvalue weighted by Gasteiger charge is 2.53. The van der Waals surface area contributed by atoms with Gasteiger partial charge in [0.2, 0.25) is 5.91 Å². The Hall–Kier alpha value is -2.86. The van der Waals surface area contributed by atoms with Crippen LogP contribution in [-0.4, -0.2) is 108 Å². The van der Waals surface area contributed by atoms with Gasteiger partial charge in [-0.3, -0.25) is 14.4 Å². The van der Waals surface area contributed by atoms with E-state index in [1.54, 1.807) is 23.5 Å². The fraction of sp³-hybridized carbons (Fsp3) is 0.571. The minimum atomic E-state index is -0.925. The second-order valence-electron chi connectivity index (χ2n) is 11.9. The van der Waals surface area contributed by atoms with Crippen LogP contribution in [0.3, 0.4) is 0 Å². The first-order chi connectivity index (χ1) is 18.5. The number of carbonyl (C=O) groups is 3.